The molecule has 0 fully saturated rings. The molecule has 0 spiro atoms. The number of phenolic OH excluding ortho intramolecular Hbond substituents is 1. The molecule has 1 aromatic rings. The van der Waals surface area contributed by atoms with Crippen molar-refractivity contribution in [1.29, 1.82) is 0 Å². The highest BCUT2D eigenvalue weighted by Gasteiger charge is 2.00. The second-order valence-corrected chi connectivity index (χ2v) is 3.31. The maximum absolute atomic E-state index is 11.2. The Morgan fingerprint density at radius 3 is 2.88 bits per heavy atom. The Labute approximate surface area is 95.1 Å². The highest BCUT2D eigenvalue weighted by molar-refractivity contribution is 5.95. The molecule has 1 N–H and O–H groups in total. The van der Waals surface area contributed by atoms with Crippen LogP contribution in [0.2, 0.25) is 0 Å². The summed E-state index contributed by atoms with van der Waals surface area (Å²) < 4.78 is 4.94. The van der Waals surface area contributed by atoms with E-state index in [2.05, 4.69) is 11.8 Å². The summed E-state index contributed by atoms with van der Waals surface area (Å²) in [6, 6.07) is 4.73. The lowest BCUT2D eigenvalue weighted by atomic mass is 10.2. The minimum atomic E-state index is -0.0745. The summed E-state index contributed by atoms with van der Waals surface area (Å²) in [5, 5.41) is 9.36. The first-order chi connectivity index (χ1) is 7.67. The van der Waals surface area contributed by atoms with Crippen LogP contribution in [-0.2, 0) is 4.79 Å². The molecule has 0 saturated heterocycles. The number of ether oxygens (including phenoxy) is 1. The standard InChI is InChI=1S/C13H14O3/c1-3-4-11(14)7-5-10-6-8-12(15)13(9-10)16-2/h6,8-9,15H,3-4H2,1-2H3. The van der Waals surface area contributed by atoms with Crippen molar-refractivity contribution >= 4 is 5.78 Å². The van der Waals surface area contributed by atoms with Crippen LogP contribution in [0.4, 0.5) is 0 Å². The van der Waals surface area contributed by atoms with Crippen LogP contribution in [0.1, 0.15) is 25.3 Å². The quantitative estimate of drug-likeness (QED) is 0.790. The number of carbonyl (C=O) groups is 1. The molecule has 0 aliphatic heterocycles. The Bertz CT molecular complexity index is 438. The molecule has 0 aromatic heterocycles. The van der Waals surface area contributed by atoms with E-state index in [9.17, 15) is 9.90 Å². The monoisotopic (exact) mass is 218 g/mol. The fraction of sp³-hybridized carbons (Fsp3) is 0.308. The number of hydrogen-bond acceptors (Lipinski definition) is 3. The molecular formula is C13H14O3. The van der Waals surface area contributed by atoms with Crippen molar-refractivity contribution in [3.8, 4) is 23.3 Å². The third-order valence-corrected chi connectivity index (χ3v) is 2.00. The van der Waals surface area contributed by atoms with Gasteiger partial charge in [0.2, 0.25) is 5.78 Å². The zero-order valence-corrected chi connectivity index (χ0v) is 9.41. The average Bonchev–Trinajstić information content (AvgIpc) is 2.28. The lowest BCUT2D eigenvalue weighted by Gasteiger charge is -2.02. The summed E-state index contributed by atoms with van der Waals surface area (Å²) in [7, 11) is 1.47. The molecule has 0 unspecified atom stereocenters. The van der Waals surface area contributed by atoms with E-state index in [-0.39, 0.29) is 11.5 Å². The van der Waals surface area contributed by atoms with Crippen molar-refractivity contribution in [3.63, 3.8) is 0 Å². The average molecular weight is 218 g/mol. The van der Waals surface area contributed by atoms with Crippen molar-refractivity contribution in [2.24, 2.45) is 0 Å². The van der Waals surface area contributed by atoms with E-state index < -0.39 is 0 Å². The maximum atomic E-state index is 11.2. The lowest BCUT2D eigenvalue weighted by Crippen LogP contribution is -1.91. The molecule has 0 amide bonds. The molecule has 0 aliphatic rings. The predicted octanol–water partition coefficient (Wildman–Crippen LogP) is 2.12. The summed E-state index contributed by atoms with van der Waals surface area (Å²) in [6.07, 6.45) is 1.27. The first-order valence-corrected chi connectivity index (χ1v) is 5.09. The van der Waals surface area contributed by atoms with Crippen molar-refractivity contribution in [2.45, 2.75) is 19.8 Å². The van der Waals surface area contributed by atoms with Gasteiger partial charge in [-0.2, -0.15) is 0 Å². The van der Waals surface area contributed by atoms with Crippen LogP contribution >= 0.6 is 0 Å². The van der Waals surface area contributed by atoms with E-state index in [1.54, 1.807) is 12.1 Å². The first kappa shape index (κ1) is 12.1. The van der Waals surface area contributed by atoms with Crippen molar-refractivity contribution in [3.05, 3.63) is 23.8 Å². The summed E-state index contributed by atoms with van der Waals surface area (Å²) in [5.74, 6) is 5.63. The number of aromatic hydroxyl groups is 1. The molecule has 0 radical (unpaired) electrons. The molecule has 84 valence electrons. The van der Waals surface area contributed by atoms with Gasteiger partial charge in [0.05, 0.1) is 7.11 Å². The lowest BCUT2D eigenvalue weighted by molar-refractivity contribution is -0.113. The number of Topliss-reactive ketones (excluding diaryl/α,β-unsaturated/α-hetero) is 1. The van der Waals surface area contributed by atoms with E-state index in [1.807, 2.05) is 6.92 Å². The molecule has 16 heavy (non-hydrogen) atoms. The van der Waals surface area contributed by atoms with Crippen LogP contribution in [0.15, 0.2) is 18.2 Å². The molecule has 3 nitrogen and oxygen atoms in total. The van der Waals surface area contributed by atoms with Crippen molar-refractivity contribution in [1.82, 2.24) is 0 Å². The van der Waals surface area contributed by atoms with Gasteiger partial charge in [-0.15, -0.1) is 0 Å². The number of carbonyl (C=O) groups excluding carboxylic acids is 1. The molecule has 3 heteroatoms. The van der Waals surface area contributed by atoms with E-state index in [4.69, 9.17) is 4.74 Å². The van der Waals surface area contributed by atoms with Crippen LogP contribution in [0.25, 0.3) is 0 Å². The van der Waals surface area contributed by atoms with Gasteiger partial charge in [0.1, 0.15) is 0 Å². The van der Waals surface area contributed by atoms with Gasteiger partial charge in [0.25, 0.3) is 0 Å². The van der Waals surface area contributed by atoms with Crippen LogP contribution in [0, 0.1) is 11.8 Å². The van der Waals surface area contributed by atoms with E-state index in [0.29, 0.717) is 17.7 Å². The number of phenols is 1. The SMILES string of the molecule is CCCC(=O)C#Cc1ccc(O)c(OC)c1. The Morgan fingerprint density at radius 1 is 1.50 bits per heavy atom. The predicted molar refractivity (Wildman–Crippen MR) is 61.5 cm³/mol. The van der Waals surface area contributed by atoms with Crippen LogP contribution in [0.5, 0.6) is 11.5 Å². The highest BCUT2D eigenvalue weighted by atomic mass is 16.5. The molecule has 0 saturated carbocycles. The van der Waals surface area contributed by atoms with Gasteiger partial charge in [-0.25, -0.2) is 0 Å². The Kier molecular flexibility index (Phi) is 4.41. The maximum Gasteiger partial charge on any atom is 0.205 e. The topological polar surface area (TPSA) is 46.5 Å². The second kappa shape index (κ2) is 5.82. The molecule has 0 atom stereocenters. The Hall–Kier alpha value is -1.95. The summed E-state index contributed by atoms with van der Waals surface area (Å²) in [5.41, 5.74) is 0.652. The van der Waals surface area contributed by atoms with Gasteiger partial charge in [0.15, 0.2) is 11.5 Å². The number of benzene rings is 1. The van der Waals surface area contributed by atoms with Crippen molar-refractivity contribution < 1.29 is 14.6 Å². The van der Waals surface area contributed by atoms with Crippen LogP contribution in [0.3, 0.4) is 0 Å². The minimum absolute atomic E-state index is 0.0629. The second-order valence-electron chi connectivity index (χ2n) is 3.31. The van der Waals surface area contributed by atoms with Gasteiger partial charge in [-0.05, 0) is 30.5 Å². The number of hydrogen-bond donors (Lipinski definition) is 1. The fourth-order valence-electron chi connectivity index (χ4n) is 1.19. The fourth-order valence-corrected chi connectivity index (χ4v) is 1.19. The van der Waals surface area contributed by atoms with Gasteiger partial charge >= 0.3 is 0 Å². The van der Waals surface area contributed by atoms with Crippen molar-refractivity contribution in [2.75, 3.05) is 7.11 Å². The van der Waals surface area contributed by atoms with Gasteiger partial charge in [-0.3, -0.25) is 4.79 Å². The van der Waals surface area contributed by atoms with Gasteiger partial charge in [-0.1, -0.05) is 12.8 Å². The minimum Gasteiger partial charge on any atom is -0.504 e. The third kappa shape index (κ3) is 3.32. The van der Waals surface area contributed by atoms with E-state index >= 15 is 0 Å². The molecular weight excluding hydrogens is 204 g/mol. The number of rotatable bonds is 3. The van der Waals surface area contributed by atoms with Gasteiger partial charge in [0, 0.05) is 12.0 Å². The molecule has 0 aliphatic carbocycles. The molecule has 0 heterocycles. The number of methoxy groups -OCH3 is 1. The summed E-state index contributed by atoms with van der Waals surface area (Å²) >= 11 is 0. The zero-order valence-electron chi connectivity index (χ0n) is 9.41. The third-order valence-electron chi connectivity index (χ3n) is 2.00. The highest BCUT2D eigenvalue weighted by Crippen LogP contribution is 2.25. The number of ketones is 1. The summed E-state index contributed by atoms with van der Waals surface area (Å²) in [4.78, 5) is 11.2. The summed E-state index contributed by atoms with van der Waals surface area (Å²) in [6.45, 7) is 1.93. The van der Waals surface area contributed by atoms with Crippen LogP contribution < -0.4 is 4.74 Å². The molecule has 1 aromatic carbocycles. The largest absolute Gasteiger partial charge is 0.504 e. The zero-order chi connectivity index (χ0) is 12.0. The van der Waals surface area contributed by atoms with Gasteiger partial charge < -0.3 is 9.84 Å². The normalized spacial score (nSPS) is 9.12. The smallest absolute Gasteiger partial charge is 0.205 e. The Morgan fingerprint density at radius 2 is 2.25 bits per heavy atom. The molecule has 0 bridgehead atoms. The Balaban J connectivity index is 2.85. The van der Waals surface area contributed by atoms with E-state index in [0.717, 1.165) is 6.42 Å². The van der Waals surface area contributed by atoms with Crippen LogP contribution in [-0.4, -0.2) is 18.0 Å². The first-order valence-electron chi connectivity index (χ1n) is 5.09. The molecule has 1 rings (SSSR count). The van der Waals surface area contributed by atoms with E-state index in [1.165, 1.54) is 13.2 Å².